The molecule has 3 aromatic carbocycles. The highest BCUT2D eigenvalue weighted by Crippen LogP contribution is 2.30. The summed E-state index contributed by atoms with van der Waals surface area (Å²) >= 11 is 0. The molecule has 0 aliphatic rings. The minimum atomic E-state index is -1.56. The Morgan fingerprint density at radius 1 is 0.560 bits per heavy atom. The van der Waals surface area contributed by atoms with Gasteiger partial charge in [0.2, 0.25) is 0 Å². The van der Waals surface area contributed by atoms with Crippen LogP contribution in [0.25, 0.3) is 22.3 Å². The fourth-order valence-electron chi connectivity index (χ4n) is 2.39. The van der Waals surface area contributed by atoms with Gasteiger partial charge in [-0.2, -0.15) is 0 Å². The minimum Gasteiger partial charge on any atom is -0.206 e. The van der Waals surface area contributed by atoms with Crippen molar-refractivity contribution < 1.29 is 17.6 Å². The van der Waals surface area contributed by atoms with Gasteiger partial charge in [-0.15, -0.1) is 0 Å². The minimum absolute atomic E-state index is 0.0126. The molecule has 0 aliphatic carbocycles. The number of benzene rings is 3. The second kappa shape index (κ2) is 7.97. The topological polar surface area (TPSA) is 0 Å². The highest BCUT2D eigenvalue weighted by molar-refractivity contribution is 5.71. The maximum absolute atomic E-state index is 14.3. The maximum Gasteiger partial charge on any atom is 0.194 e. The molecule has 0 saturated carbocycles. The molecular formula is C21H18F4. The van der Waals surface area contributed by atoms with Crippen molar-refractivity contribution in [1.82, 2.24) is 0 Å². The number of hydrogen-bond donors (Lipinski definition) is 0. The van der Waals surface area contributed by atoms with Crippen LogP contribution < -0.4 is 0 Å². The van der Waals surface area contributed by atoms with Crippen molar-refractivity contribution in [3.63, 3.8) is 0 Å². The molecule has 0 atom stereocenters. The molecule has 0 aliphatic heterocycles. The second-order valence-electron chi connectivity index (χ2n) is 5.31. The zero-order valence-corrected chi connectivity index (χ0v) is 14.2. The van der Waals surface area contributed by atoms with E-state index in [1.165, 1.54) is 12.1 Å². The largest absolute Gasteiger partial charge is 0.206 e. The summed E-state index contributed by atoms with van der Waals surface area (Å²) in [6.45, 7) is 5.95. The number of rotatable bonds is 2. The predicted octanol–water partition coefficient (Wildman–Crippen LogP) is 6.91. The van der Waals surface area contributed by atoms with Crippen LogP contribution in [0.15, 0.2) is 54.6 Å². The average Bonchev–Trinajstić information content (AvgIpc) is 2.61. The number of halogens is 4. The van der Waals surface area contributed by atoms with E-state index in [1.807, 2.05) is 45.0 Å². The van der Waals surface area contributed by atoms with Gasteiger partial charge in [0.05, 0.1) is 0 Å². The van der Waals surface area contributed by atoms with Crippen LogP contribution >= 0.6 is 0 Å². The second-order valence-corrected chi connectivity index (χ2v) is 5.31. The summed E-state index contributed by atoms with van der Waals surface area (Å²) < 4.78 is 53.9. The summed E-state index contributed by atoms with van der Waals surface area (Å²) in [5.41, 5.74) is 2.53. The molecule has 0 aromatic heterocycles. The van der Waals surface area contributed by atoms with E-state index >= 15 is 0 Å². The summed E-state index contributed by atoms with van der Waals surface area (Å²) in [6.07, 6.45) is 0. The molecule has 0 fully saturated rings. The monoisotopic (exact) mass is 346 g/mol. The van der Waals surface area contributed by atoms with Crippen molar-refractivity contribution in [2.75, 3.05) is 0 Å². The molecule has 130 valence electrons. The summed E-state index contributed by atoms with van der Waals surface area (Å²) in [6, 6.07) is 13.5. The molecule has 25 heavy (non-hydrogen) atoms. The lowest BCUT2D eigenvalue weighted by Gasteiger charge is -2.08. The molecule has 0 unspecified atom stereocenters. The molecule has 0 nitrogen and oxygen atoms in total. The van der Waals surface area contributed by atoms with E-state index in [4.69, 9.17) is 0 Å². The first kappa shape index (κ1) is 18.7. The standard InChI is InChI=1S/C19H12F4.C2H6/c1-11-2-4-12(5-3-11)13-6-7-15(16(20)8-13)14-9-17(21)19(23)18(22)10-14;1-2/h2-10H,1H3;1-2H3. The molecule has 0 bridgehead atoms. The Balaban J connectivity index is 0.00000109. The van der Waals surface area contributed by atoms with Crippen molar-refractivity contribution >= 4 is 0 Å². The molecule has 3 aromatic rings. The van der Waals surface area contributed by atoms with Gasteiger partial charge in [-0.1, -0.05) is 55.8 Å². The average molecular weight is 346 g/mol. The number of aryl methyl sites for hydroxylation is 1. The Morgan fingerprint density at radius 2 is 1.04 bits per heavy atom. The third kappa shape index (κ3) is 4.08. The van der Waals surface area contributed by atoms with Gasteiger partial charge >= 0.3 is 0 Å². The third-order valence-electron chi connectivity index (χ3n) is 3.65. The van der Waals surface area contributed by atoms with E-state index in [2.05, 4.69) is 0 Å². The number of hydrogen-bond acceptors (Lipinski definition) is 0. The zero-order valence-electron chi connectivity index (χ0n) is 14.2. The van der Waals surface area contributed by atoms with Crippen molar-refractivity contribution in [1.29, 1.82) is 0 Å². The molecule has 0 radical (unpaired) electrons. The van der Waals surface area contributed by atoms with Gasteiger partial charge in [0.15, 0.2) is 17.5 Å². The SMILES string of the molecule is CC.Cc1ccc(-c2ccc(-c3cc(F)c(F)c(F)c3)c(F)c2)cc1. The summed E-state index contributed by atoms with van der Waals surface area (Å²) in [5, 5.41) is 0. The first-order valence-electron chi connectivity index (χ1n) is 7.97. The van der Waals surface area contributed by atoms with Gasteiger partial charge in [-0.3, -0.25) is 0 Å². The highest BCUT2D eigenvalue weighted by atomic mass is 19.2. The van der Waals surface area contributed by atoms with Gasteiger partial charge < -0.3 is 0 Å². The lowest BCUT2D eigenvalue weighted by atomic mass is 9.99. The van der Waals surface area contributed by atoms with E-state index in [0.717, 1.165) is 23.3 Å². The lowest BCUT2D eigenvalue weighted by Crippen LogP contribution is -1.94. The van der Waals surface area contributed by atoms with Crippen LogP contribution in [-0.2, 0) is 0 Å². The van der Waals surface area contributed by atoms with E-state index in [9.17, 15) is 17.6 Å². The fourth-order valence-corrected chi connectivity index (χ4v) is 2.39. The lowest BCUT2D eigenvalue weighted by molar-refractivity contribution is 0.447. The Labute approximate surface area is 144 Å². The van der Waals surface area contributed by atoms with Crippen LogP contribution in [0.4, 0.5) is 17.6 Å². The highest BCUT2D eigenvalue weighted by Gasteiger charge is 2.14. The van der Waals surface area contributed by atoms with E-state index in [-0.39, 0.29) is 11.1 Å². The maximum atomic E-state index is 14.3. The van der Waals surface area contributed by atoms with Crippen LogP contribution in [-0.4, -0.2) is 0 Å². The van der Waals surface area contributed by atoms with Crippen LogP contribution in [0.1, 0.15) is 19.4 Å². The molecule has 0 heterocycles. The third-order valence-corrected chi connectivity index (χ3v) is 3.65. The van der Waals surface area contributed by atoms with Gasteiger partial charge in [0, 0.05) is 5.56 Å². The molecule has 0 N–H and O–H groups in total. The van der Waals surface area contributed by atoms with Crippen molar-refractivity contribution in [3.05, 3.63) is 83.4 Å². The van der Waals surface area contributed by atoms with Crippen LogP contribution in [0.5, 0.6) is 0 Å². The van der Waals surface area contributed by atoms with Gasteiger partial charge in [0.1, 0.15) is 5.82 Å². The van der Waals surface area contributed by atoms with Crippen molar-refractivity contribution in [2.24, 2.45) is 0 Å². The Kier molecular flexibility index (Phi) is 5.97. The summed E-state index contributed by atoms with van der Waals surface area (Å²) in [5.74, 6) is -4.89. The normalized spacial score (nSPS) is 10.2. The molecule has 0 saturated heterocycles. The summed E-state index contributed by atoms with van der Waals surface area (Å²) in [4.78, 5) is 0. The first-order valence-corrected chi connectivity index (χ1v) is 7.97. The van der Waals surface area contributed by atoms with Crippen molar-refractivity contribution in [3.8, 4) is 22.3 Å². The smallest absolute Gasteiger partial charge is 0.194 e. The first-order chi connectivity index (χ1) is 12.0. The Bertz CT molecular complexity index is 845. The Hall–Kier alpha value is -2.62. The predicted molar refractivity (Wildman–Crippen MR) is 93.2 cm³/mol. The molecule has 0 spiro atoms. The quantitative estimate of drug-likeness (QED) is 0.349. The molecule has 0 amide bonds. The van der Waals surface area contributed by atoms with Gasteiger partial charge in [-0.05, 0) is 41.8 Å². The van der Waals surface area contributed by atoms with E-state index in [1.54, 1.807) is 6.07 Å². The summed E-state index contributed by atoms with van der Waals surface area (Å²) in [7, 11) is 0. The van der Waals surface area contributed by atoms with Crippen LogP contribution in [0.2, 0.25) is 0 Å². The van der Waals surface area contributed by atoms with Gasteiger partial charge in [0.25, 0.3) is 0 Å². The molecule has 3 rings (SSSR count). The van der Waals surface area contributed by atoms with Crippen LogP contribution in [0, 0.1) is 30.2 Å². The van der Waals surface area contributed by atoms with Gasteiger partial charge in [-0.25, -0.2) is 17.6 Å². The van der Waals surface area contributed by atoms with Crippen molar-refractivity contribution in [2.45, 2.75) is 20.8 Å². The Morgan fingerprint density at radius 3 is 1.56 bits per heavy atom. The fraction of sp³-hybridized carbons (Fsp3) is 0.143. The van der Waals surface area contributed by atoms with E-state index < -0.39 is 23.3 Å². The van der Waals surface area contributed by atoms with Crippen LogP contribution in [0.3, 0.4) is 0 Å². The zero-order chi connectivity index (χ0) is 18.6. The molecular weight excluding hydrogens is 328 g/mol. The molecule has 4 heteroatoms. The van der Waals surface area contributed by atoms with E-state index in [0.29, 0.717) is 5.56 Å².